The maximum Gasteiger partial charge on any atom is 0.228 e. The summed E-state index contributed by atoms with van der Waals surface area (Å²) in [7, 11) is 0. The second kappa shape index (κ2) is 3.87. The number of likely N-dealkylation sites (tertiary alicyclic amines) is 1. The van der Waals surface area contributed by atoms with Crippen LogP contribution >= 0.6 is 0 Å². The Bertz CT molecular complexity index is 228. The van der Waals surface area contributed by atoms with Gasteiger partial charge in [0, 0.05) is 26.2 Å². The van der Waals surface area contributed by atoms with E-state index in [4.69, 9.17) is 0 Å². The third-order valence-electron chi connectivity index (χ3n) is 3.30. The van der Waals surface area contributed by atoms with E-state index in [0.29, 0.717) is 0 Å². The van der Waals surface area contributed by atoms with Crippen LogP contribution in [0, 0.1) is 11.8 Å². The summed E-state index contributed by atoms with van der Waals surface area (Å²) in [4.78, 5) is 13.7. The molecule has 0 saturated carbocycles. The zero-order valence-electron chi connectivity index (χ0n) is 8.57. The van der Waals surface area contributed by atoms with Gasteiger partial charge in [0.1, 0.15) is 0 Å². The lowest BCUT2D eigenvalue weighted by molar-refractivity contribution is -0.140. The monoisotopic (exact) mass is 198 g/mol. The minimum absolute atomic E-state index is 0.192. The number of nitrogens with one attached hydrogen (secondary N) is 1. The van der Waals surface area contributed by atoms with Crippen LogP contribution in [-0.2, 0) is 4.79 Å². The lowest BCUT2D eigenvalue weighted by Gasteiger charge is -2.38. The van der Waals surface area contributed by atoms with Gasteiger partial charge in [-0.15, -0.1) is 0 Å². The van der Waals surface area contributed by atoms with Crippen molar-refractivity contribution in [3.8, 4) is 0 Å². The van der Waals surface area contributed by atoms with Gasteiger partial charge in [0.15, 0.2) is 0 Å². The number of carbonyl (C=O) groups excluding carboxylic acids is 1. The number of aliphatic hydroxyl groups is 1. The molecule has 14 heavy (non-hydrogen) atoms. The van der Waals surface area contributed by atoms with E-state index in [9.17, 15) is 9.90 Å². The highest BCUT2D eigenvalue weighted by Gasteiger charge is 2.33. The van der Waals surface area contributed by atoms with E-state index in [1.807, 2.05) is 11.8 Å². The van der Waals surface area contributed by atoms with Crippen LogP contribution < -0.4 is 5.32 Å². The summed E-state index contributed by atoms with van der Waals surface area (Å²) in [6.07, 6.45) is 0.506. The van der Waals surface area contributed by atoms with Crippen molar-refractivity contribution in [2.24, 2.45) is 11.8 Å². The van der Waals surface area contributed by atoms with Crippen LogP contribution in [0.15, 0.2) is 0 Å². The molecule has 4 heteroatoms. The van der Waals surface area contributed by atoms with Crippen molar-refractivity contribution >= 4 is 5.91 Å². The second-order valence-corrected chi connectivity index (χ2v) is 4.47. The molecule has 4 nitrogen and oxygen atoms in total. The summed E-state index contributed by atoms with van der Waals surface area (Å²) in [5.74, 6) is 0.681. The number of hydrogen-bond acceptors (Lipinski definition) is 3. The van der Waals surface area contributed by atoms with Crippen LogP contribution in [0.4, 0.5) is 0 Å². The highest BCUT2D eigenvalue weighted by Crippen LogP contribution is 2.19. The van der Waals surface area contributed by atoms with Crippen molar-refractivity contribution in [3.63, 3.8) is 0 Å². The van der Waals surface area contributed by atoms with Crippen molar-refractivity contribution in [2.45, 2.75) is 19.4 Å². The van der Waals surface area contributed by atoms with Gasteiger partial charge >= 0.3 is 0 Å². The Morgan fingerprint density at radius 2 is 2.21 bits per heavy atom. The average Bonchev–Trinajstić information content (AvgIpc) is 2.06. The molecule has 2 aliphatic heterocycles. The van der Waals surface area contributed by atoms with E-state index in [1.165, 1.54) is 0 Å². The van der Waals surface area contributed by atoms with Crippen molar-refractivity contribution in [1.82, 2.24) is 10.2 Å². The fourth-order valence-corrected chi connectivity index (χ4v) is 2.05. The molecule has 2 N–H and O–H groups in total. The summed E-state index contributed by atoms with van der Waals surface area (Å²) in [5.41, 5.74) is 0. The van der Waals surface area contributed by atoms with Crippen LogP contribution in [0.2, 0.25) is 0 Å². The minimum atomic E-state index is -0.224. The molecule has 2 fully saturated rings. The SMILES string of the molecule is C[C@H]1CN(C(=O)C2CNC2)CC[C@@H]1O. The summed E-state index contributed by atoms with van der Waals surface area (Å²) in [5, 5.41) is 12.6. The first-order chi connectivity index (χ1) is 6.68. The molecule has 1 amide bonds. The fraction of sp³-hybridized carbons (Fsp3) is 0.900. The molecule has 2 aliphatic rings. The van der Waals surface area contributed by atoms with E-state index in [1.54, 1.807) is 0 Å². The quantitative estimate of drug-likeness (QED) is 0.593. The molecule has 2 atom stereocenters. The Morgan fingerprint density at radius 1 is 1.50 bits per heavy atom. The predicted molar refractivity (Wildman–Crippen MR) is 52.7 cm³/mol. The number of piperidine rings is 1. The van der Waals surface area contributed by atoms with Gasteiger partial charge in [-0.2, -0.15) is 0 Å². The molecular formula is C10H18N2O2. The molecule has 2 rings (SSSR count). The van der Waals surface area contributed by atoms with Crippen molar-refractivity contribution in [2.75, 3.05) is 26.2 Å². The van der Waals surface area contributed by atoms with Crippen LogP contribution in [-0.4, -0.2) is 48.2 Å². The minimum Gasteiger partial charge on any atom is -0.393 e. The highest BCUT2D eigenvalue weighted by atomic mass is 16.3. The van der Waals surface area contributed by atoms with Gasteiger partial charge in [0.2, 0.25) is 5.91 Å². The van der Waals surface area contributed by atoms with E-state index < -0.39 is 0 Å². The van der Waals surface area contributed by atoms with Crippen LogP contribution in [0.1, 0.15) is 13.3 Å². The Hall–Kier alpha value is -0.610. The first-order valence-electron chi connectivity index (χ1n) is 5.36. The van der Waals surface area contributed by atoms with Crippen molar-refractivity contribution in [3.05, 3.63) is 0 Å². The van der Waals surface area contributed by atoms with Gasteiger partial charge in [-0.25, -0.2) is 0 Å². The molecule has 0 bridgehead atoms. The van der Waals surface area contributed by atoms with E-state index in [-0.39, 0.29) is 23.8 Å². The Labute approximate surface area is 84.3 Å². The van der Waals surface area contributed by atoms with Gasteiger partial charge in [-0.1, -0.05) is 6.92 Å². The topological polar surface area (TPSA) is 52.6 Å². The van der Waals surface area contributed by atoms with Crippen molar-refractivity contribution < 1.29 is 9.90 Å². The van der Waals surface area contributed by atoms with Crippen LogP contribution in [0.5, 0.6) is 0 Å². The number of aliphatic hydroxyl groups excluding tert-OH is 1. The van der Waals surface area contributed by atoms with Gasteiger partial charge in [-0.05, 0) is 12.3 Å². The normalized spacial score (nSPS) is 34.0. The maximum atomic E-state index is 11.8. The average molecular weight is 198 g/mol. The molecule has 80 valence electrons. The largest absolute Gasteiger partial charge is 0.393 e. The standard InChI is InChI=1S/C10H18N2O2/c1-7-6-12(3-2-9(7)13)10(14)8-4-11-5-8/h7-9,11,13H,2-6H2,1H3/t7-,9-/m0/s1. The molecule has 0 aromatic heterocycles. The number of nitrogens with zero attached hydrogens (tertiary/aromatic N) is 1. The summed E-state index contributed by atoms with van der Waals surface area (Å²) in [6.45, 7) is 5.10. The summed E-state index contributed by atoms with van der Waals surface area (Å²) < 4.78 is 0. The molecule has 0 spiro atoms. The van der Waals surface area contributed by atoms with Gasteiger partial charge in [0.05, 0.1) is 12.0 Å². The number of amides is 1. The van der Waals surface area contributed by atoms with Gasteiger partial charge in [0.25, 0.3) is 0 Å². The first kappa shape index (κ1) is 9.93. The van der Waals surface area contributed by atoms with E-state index in [2.05, 4.69) is 5.32 Å². The second-order valence-electron chi connectivity index (χ2n) is 4.47. The third kappa shape index (κ3) is 1.77. The maximum absolute atomic E-state index is 11.8. The molecule has 0 aromatic carbocycles. The van der Waals surface area contributed by atoms with E-state index in [0.717, 1.165) is 32.6 Å². The smallest absolute Gasteiger partial charge is 0.228 e. The fourth-order valence-electron chi connectivity index (χ4n) is 2.05. The van der Waals surface area contributed by atoms with Gasteiger partial charge in [-0.3, -0.25) is 4.79 Å². The van der Waals surface area contributed by atoms with Crippen molar-refractivity contribution in [1.29, 1.82) is 0 Å². The Kier molecular flexibility index (Phi) is 2.74. The molecule has 0 unspecified atom stereocenters. The third-order valence-corrected chi connectivity index (χ3v) is 3.30. The molecule has 0 radical (unpaired) electrons. The molecule has 2 heterocycles. The zero-order chi connectivity index (χ0) is 10.1. The predicted octanol–water partition coefficient (Wildman–Crippen LogP) is -0.565. The Balaban J connectivity index is 1.88. The van der Waals surface area contributed by atoms with Crippen LogP contribution in [0.25, 0.3) is 0 Å². The molecule has 0 aliphatic carbocycles. The lowest BCUT2D eigenvalue weighted by atomic mass is 9.94. The molecule has 0 aromatic rings. The zero-order valence-corrected chi connectivity index (χ0v) is 8.57. The molecular weight excluding hydrogens is 180 g/mol. The van der Waals surface area contributed by atoms with E-state index >= 15 is 0 Å². The lowest BCUT2D eigenvalue weighted by Crippen LogP contribution is -2.55. The molecule has 2 saturated heterocycles. The number of carbonyl (C=O) groups is 1. The highest BCUT2D eigenvalue weighted by molar-refractivity contribution is 5.80. The number of hydrogen-bond donors (Lipinski definition) is 2. The first-order valence-corrected chi connectivity index (χ1v) is 5.36. The summed E-state index contributed by atoms with van der Waals surface area (Å²) in [6, 6.07) is 0. The number of rotatable bonds is 1. The van der Waals surface area contributed by atoms with Gasteiger partial charge < -0.3 is 15.3 Å². The van der Waals surface area contributed by atoms with Crippen LogP contribution in [0.3, 0.4) is 0 Å². The Morgan fingerprint density at radius 3 is 2.71 bits per heavy atom. The summed E-state index contributed by atoms with van der Waals surface area (Å²) >= 11 is 0.